The van der Waals surface area contributed by atoms with Crippen LogP contribution in [-0.4, -0.2) is 10.5 Å². The van der Waals surface area contributed by atoms with Crippen molar-refractivity contribution in [1.82, 2.24) is 4.57 Å². The van der Waals surface area contributed by atoms with Gasteiger partial charge in [-0.3, -0.25) is 9.78 Å². The minimum absolute atomic E-state index is 0.270. The second-order valence-corrected chi connectivity index (χ2v) is 6.57. The second-order valence-electron chi connectivity index (χ2n) is 5.45. The molecule has 1 aromatic carbocycles. The molecule has 4 nitrogen and oxygen atoms in total. The summed E-state index contributed by atoms with van der Waals surface area (Å²) < 4.78 is 55.5. The molecule has 0 saturated carbocycles. The van der Waals surface area contributed by atoms with E-state index in [1.807, 2.05) is 0 Å². The maximum absolute atomic E-state index is 15.0. The third-order valence-electron chi connectivity index (χ3n) is 3.59. The third kappa shape index (κ3) is 4.02. The van der Waals surface area contributed by atoms with Crippen LogP contribution in [0, 0.1) is 18.2 Å². The molecule has 1 aromatic heterocycles. The van der Waals surface area contributed by atoms with E-state index in [1.54, 1.807) is 0 Å². The van der Waals surface area contributed by atoms with E-state index in [4.69, 9.17) is 46.1 Å². The van der Waals surface area contributed by atoms with Crippen molar-refractivity contribution in [3.8, 4) is 29.2 Å². The van der Waals surface area contributed by atoms with Crippen LogP contribution in [0.15, 0.2) is 6.07 Å². The summed E-state index contributed by atoms with van der Waals surface area (Å²) in [7, 11) is 1.02. The summed E-state index contributed by atoms with van der Waals surface area (Å²) in [6.07, 6.45) is 0.0159. The Labute approximate surface area is 171 Å². The highest BCUT2D eigenvalue weighted by Gasteiger charge is 2.40. The molecule has 0 aliphatic rings. The fourth-order valence-electron chi connectivity index (χ4n) is 2.43. The smallest absolute Gasteiger partial charge is 0.329 e. The number of halogens is 7. The first-order valence-corrected chi connectivity index (χ1v) is 8.45. The fourth-order valence-corrected chi connectivity index (χ4v) is 3.43. The van der Waals surface area contributed by atoms with Crippen LogP contribution in [0.3, 0.4) is 0 Å². The molecule has 0 aliphatic carbocycles. The van der Waals surface area contributed by atoms with Crippen molar-refractivity contribution in [2.75, 3.05) is 0 Å². The number of benzene rings is 1. The zero-order chi connectivity index (χ0) is 21.4. The van der Waals surface area contributed by atoms with E-state index in [1.165, 1.54) is 0 Å². The van der Waals surface area contributed by atoms with Gasteiger partial charge in [0.25, 0.3) is 0 Å². The van der Waals surface area contributed by atoms with Crippen LogP contribution in [0.1, 0.15) is 18.2 Å². The summed E-state index contributed by atoms with van der Waals surface area (Å²) >= 11 is 17.9. The molecule has 28 heavy (non-hydrogen) atoms. The first-order chi connectivity index (χ1) is 12.9. The molecule has 0 atom stereocenters. The molecule has 1 heterocycles. The number of terminal acetylenes is 1. The van der Waals surface area contributed by atoms with Gasteiger partial charge in [-0.05, 0) is 6.07 Å². The van der Waals surface area contributed by atoms with Gasteiger partial charge in [0, 0.05) is 37.1 Å². The highest BCUT2D eigenvalue weighted by atomic mass is 35.5. The highest BCUT2D eigenvalue weighted by Crippen LogP contribution is 2.48. The minimum atomic E-state index is -4.85. The lowest BCUT2D eigenvalue weighted by atomic mass is 10.0. The molecule has 2 rings (SSSR count). The maximum atomic E-state index is 15.0. The molecule has 11 heteroatoms. The van der Waals surface area contributed by atoms with E-state index in [0.29, 0.717) is 4.57 Å². The average molecular weight is 459 g/mol. The van der Waals surface area contributed by atoms with Crippen LogP contribution < -0.4 is 4.89 Å². The molecule has 0 spiro atoms. The van der Waals surface area contributed by atoms with Crippen molar-refractivity contribution in [2.24, 2.45) is 7.05 Å². The van der Waals surface area contributed by atoms with E-state index < -0.39 is 45.0 Å². The number of rotatable bonds is 4. The zero-order valence-corrected chi connectivity index (χ0v) is 16.4. The Hall–Kier alpha value is -2.08. The van der Waals surface area contributed by atoms with Gasteiger partial charge in [0.2, 0.25) is 0 Å². The molecule has 0 N–H and O–H groups in total. The lowest BCUT2D eigenvalue weighted by Gasteiger charge is -2.13. The van der Waals surface area contributed by atoms with E-state index in [0.717, 1.165) is 20.0 Å². The molecule has 0 aliphatic heterocycles. The monoisotopic (exact) mass is 457 g/mol. The Bertz CT molecular complexity index is 993. The van der Waals surface area contributed by atoms with Crippen molar-refractivity contribution in [3.05, 3.63) is 38.3 Å². The van der Waals surface area contributed by atoms with Gasteiger partial charge in [0.15, 0.2) is 5.75 Å². The Morgan fingerprint density at radius 1 is 1.29 bits per heavy atom. The number of alkyl halides is 3. The predicted molar refractivity (Wildman–Crippen MR) is 95.8 cm³/mol. The van der Waals surface area contributed by atoms with Crippen molar-refractivity contribution >= 4 is 40.8 Å². The van der Waals surface area contributed by atoms with Gasteiger partial charge < -0.3 is 4.57 Å². The number of hydrogen-bond acceptors (Lipinski definition) is 3. The third-order valence-corrected chi connectivity index (χ3v) is 4.81. The SMILES string of the molecule is C#CCc1c(F)c(-c2c(Cl)c(C(F)(F)F)n(C)c2Cl)cc(OOC(C)=O)c1Cl. The first-order valence-electron chi connectivity index (χ1n) is 7.32. The molecule has 150 valence electrons. The second kappa shape index (κ2) is 8.11. The summed E-state index contributed by atoms with van der Waals surface area (Å²) in [4.78, 5) is 20.1. The zero-order valence-electron chi connectivity index (χ0n) is 14.2. The van der Waals surface area contributed by atoms with Crippen LogP contribution in [0.4, 0.5) is 17.6 Å². The van der Waals surface area contributed by atoms with Gasteiger partial charge in [-0.1, -0.05) is 34.8 Å². The number of carbonyl (C=O) groups is 1. The molecule has 0 saturated heterocycles. The summed E-state index contributed by atoms with van der Waals surface area (Å²) in [6.45, 7) is 1.03. The quantitative estimate of drug-likeness (QED) is 0.250. The standard InChI is InChI=1S/C17H10Cl3F4NO3/c1-4-5-8-12(18)10(28-27-7(2)26)6-9(14(8)21)11-13(19)15(17(22,23)24)25(3)16(11)20/h1,6H,5H2,2-3H3. The fraction of sp³-hybridized carbons (Fsp3) is 0.235. The van der Waals surface area contributed by atoms with Crippen LogP contribution in [0.25, 0.3) is 11.1 Å². The highest BCUT2D eigenvalue weighted by molar-refractivity contribution is 6.40. The molecule has 0 bridgehead atoms. The van der Waals surface area contributed by atoms with Crippen molar-refractivity contribution in [1.29, 1.82) is 0 Å². The largest absolute Gasteiger partial charge is 0.432 e. The predicted octanol–water partition coefficient (Wildman–Crippen LogP) is 5.84. The van der Waals surface area contributed by atoms with Crippen molar-refractivity contribution in [2.45, 2.75) is 19.5 Å². The van der Waals surface area contributed by atoms with Crippen LogP contribution >= 0.6 is 34.8 Å². The normalized spacial score (nSPS) is 11.3. The van der Waals surface area contributed by atoms with Gasteiger partial charge in [0.05, 0.1) is 10.0 Å². The van der Waals surface area contributed by atoms with Crippen LogP contribution in [0.2, 0.25) is 15.2 Å². The molecule has 0 unspecified atom stereocenters. The molecule has 2 aromatic rings. The molecule has 0 radical (unpaired) electrons. The molecule has 0 fully saturated rings. The summed E-state index contributed by atoms with van der Waals surface area (Å²) in [5, 5.41) is -1.63. The van der Waals surface area contributed by atoms with Gasteiger partial charge in [-0.2, -0.15) is 13.2 Å². The number of nitrogens with zero attached hydrogens (tertiary/aromatic N) is 1. The summed E-state index contributed by atoms with van der Waals surface area (Å²) in [6, 6.07) is 0.911. The minimum Gasteiger partial charge on any atom is -0.329 e. The first kappa shape index (κ1) is 22.2. The molecular weight excluding hydrogens is 449 g/mol. The lowest BCUT2D eigenvalue weighted by Crippen LogP contribution is -2.11. The van der Waals surface area contributed by atoms with Crippen molar-refractivity contribution in [3.63, 3.8) is 0 Å². The topological polar surface area (TPSA) is 40.5 Å². The van der Waals surface area contributed by atoms with E-state index in [-0.39, 0.29) is 22.8 Å². The Morgan fingerprint density at radius 2 is 1.89 bits per heavy atom. The van der Waals surface area contributed by atoms with Gasteiger partial charge >= 0.3 is 12.1 Å². The summed E-state index contributed by atoms with van der Waals surface area (Å²) in [5.74, 6) is -0.0825. The average Bonchev–Trinajstić information content (AvgIpc) is 2.80. The Balaban J connectivity index is 2.83. The van der Waals surface area contributed by atoms with Gasteiger partial charge in [-0.15, -0.1) is 12.3 Å². The van der Waals surface area contributed by atoms with Crippen LogP contribution in [-0.2, 0) is 29.3 Å². The maximum Gasteiger partial charge on any atom is 0.432 e. The number of hydrogen-bond donors (Lipinski definition) is 0. The van der Waals surface area contributed by atoms with E-state index in [2.05, 4.69) is 10.8 Å². The van der Waals surface area contributed by atoms with E-state index in [9.17, 15) is 18.0 Å². The van der Waals surface area contributed by atoms with Crippen molar-refractivity contribution < 1.29 is 32.1 Å². The van der Waals surface area contributed by atoms with Crippen LogP contribution in [0.5, 0.6) is 5.75 Å². The Kier molecular flexibility index (Phi) is 6.44. The lowest BCUT2D eigenvalue weighted by molar-refractivity contribution is -0.210. The molecule has 0 amide bonds. The summed E-state index contributed by atoms with van der Waals surface area (Å²) in [5.41, 5.74) is -2.45. The van der Waals surface area contributed by atoms with E-state index >= 15 is 4.39 Å². The van der Waals surface area contributed by atoms with Gasteiger partial charge in [-0.25, -0.2) is 9.18 Å². The molecular formula is C17H10Cl3F4NO3. The number of aromatic nitrogens is 1. The van der Waals surface area contributed by atoms with Gasteiger partial charge in [0.1, 0.15) is 16.7 Å². The number of carbonyl (C=O) groups excluding carboxylic acids is 1. The Morgan fingerprint density at radius 3 is 2.36 bits per heavy atom.